The minimum atomic E-state index is -3.67. The molecule has 1 aromatic carbocycles. The Bertz CT molecular complexity index is 593. The number of rotatable bonds is 1. The van der Waals surface area contributed by atoms with Crippen LogP contribution in [0.3, 0.4) is 0 Å². The zero-order chi connectivity index (χ0) is 11.8. The predicted octanol–water partition coefficient (Wildman–Crippen LogP) is 1.26. The first-order valence-corrected chi connectivity index (χ1v) is 6.15. The van der Waals surface area contributed by atoms with E-state index in [0.29, 0.717) is 5.02 Å². The number of ether oxygens (including phenoxy) is 1. The third-order valence-electron chi connectivity index (χ3n) is 1.77. The maximum absolute atomic E-state index is 11.4. The van der Waals surface area contributed by atoms with Crippen LogP contribution in [0.5, 0.6) is 5.75 Å². The lowest BCUT2D eigenvalue weighted by Crippen LogP contribution is -2.16. The summed E-state index contributed by atoms with van der Waals surface area (Å²) in [5.74, 6) is 0.108. The van der Waals surface area contributed by atoms with E-state index >= 15 is 0 Å². The van der Waals surface area contributed by atoms with Crippen LogP contribution in [0.1, 0.15) is 0 Å². The fraction of sp³-hybridized carbons (Fsp3) is 0. The second-order valence-electron chi connectivity index (χ2n) is 3.00. The summed E-state index contributed by atoms with van der Waals surface area (Å²) in [6.45, 7) is 0. The van der Waals surface area contributed by atoms with Crippen LogP contribution in [0.2, 0.25) is 5.02 Å². The van der Waals surface area contributed by atoms with E-state index in [9.17, 15) is 8.42 Å². The summed E-state index contributed by atoms with van der Waals surface area (Å²) >= 11 is 5.81. The van der Waals surface area contributed by atoms with Crippen molar-refractivity contribution in [2.75, 3.05) is 0 Å². The van der Waals surface area contributed by atoms with E-state index in [1.54, 1.807) is 18.2 Å². The van der Waals surface area contributed by atoms with Crippen molar-refractivity contribution >= 4 is 26.7 Å². The molecule has 0 aliphatic carbocycles. The van der Waals surface area contributed by atoms with E-state index in [1.807, 2.05) is 0 Å². The smallest absolute Gasteiger partial charge is 0.321 e. The monoisotopic (exact) mass is 258 g/mol. The highest BCUT2D eigenvalue weighted by molar-refractivity contribution is 8.08. The topological polar surface area (TPSA) is 81.8 Å². The van der Waals surface area contributed by atoms with Gasteiger partial charge >= 0.3 is 5.23 Å². The van der Waals surface area contributed by atoms with E-state index in [1.165, 1.54) is 6.07 Å². The lowest BCUT2D eigenvalue weighted by Gasteiger charge is -2.05. The number of nitrogens with zero attached hydrogens (tertiary/aromatic N) is 1. The molecule has 7 heteroatoms. The summed E-state index contributed by atoms with van der Waals surface area (Å²) in [5.41, 5.74) is 5.27. The minimum Gasteiger partial charge on any atom is -0.428 e. The van der Waals surface area contributed by atoms with Crippen LogP contribution in [0, 0.1) is 0 Å². The van der Waals surface area contributed by atoms with Gasteiger partial charge in [-0.3, -0.25) is 0 Å². The average molecular weight is 259 g/mol. The summed E-state index contributed by atoms with van der Waals surface area (Å²) < 4.78 is 28.0. The maximum Gasteiger partial charge on any atom is 0.321 e. The van der Waals surface area contributed by atoms with Crippen LogP contribution in [0.25, 0.3) is 0 Å². The van der Waals surface area contributed by atoms with Gasteiger partial charge in [-0.1, -0.05) is 23.7 Å². The Labute approximate surface area is 97.1 Å². The van der Waals surface area contributed by atoms with Gasteiger partial charge in [0.2, 0.25) is 0 Å². The quantitative estimate of drug-likeness (QED) is 0.822. The van der Waals surface area contributed by atoms with Crippen molar-refractivity contribution in [1.29, 1.82) is 0 Å². The molecule has 1 heterocycles. The van der Waals surface area contributed by atoms with Gasteiger partial charge in [0.15, 0.2) is 0 Å². The molecule has 0 saturated heterocycles. The van der Waals surface area contributed by atoms with Crippen LogP contribution in [-0.4, -0.2) is 13.6 Å². The van der Waals surface area contributed by atoms with Crippen LogP contribution >= 0.6 is 11.6 Å². The van der Waals surface area contributed by atoms with E-state index in [-0.39, 0.29) is 11.6 Å². The summed E-state index contributed by atoms with van der Waals surface area (Å²) in [6.07, 6.45) is 0. The van der Waals surface area contributed by atoms with Crippen LogP contribution in [0.4, 0.5) is 0 Å². The largest absolute Gasteiger partial charge is 0.428 e. The number of benzene rings is 1. The SMILES string of the molecule is NC1=CS(=O)(=O)C(Oc2ccccc2Cl)=N1. The van der Waals surface area contributed by atoms with Gasteiger partial charge in [-0.05, 0) is 12.1 Å². The Morgan fingerprint density at radius 3 is 2.56 bits per heavy atom. The van der Waals surface area contributed by atoms with Crippen molar-refractivity contribution in [2.24, 2.45) is 10.7 Å². The first-order chi connectivity index (χ1) is 7.49. The van der Waals surface area contributed by atoms with Gasteiger partial charge in [0.1, 0.15) is 11.6 Å². The number of sulfone groups is 1. The number of hydrogen-bond acceptors (Lipinski definition) is 5. The number of hydrogen-bond donors (Lipinski definition) is 1. The van der Waals surface area contributed by atoms with E-state index in [2.05, 4.69) is 4.99 Å². The molecule has 0 radical (unpaired) electrons. The van der Waals surface area contributed by atoms with Gasteiger partial charge in [0, 0.05) is 0 Å². The molecule has 0 fully saturated rings. The molecule has 2 rings (SSSR count). The first kappa shape index (κ1) is 11.0. The molecule has 0 amide bonds. The standard InChI is InChI=1S/C9H7ClN2O3S/c10-6-3-1-2-4-7(6)15-9-12-8(11)5-16(9,13)14/h1-5H,11H2. The van der Waals surface area contributed by atoms with Crippen molar-refractivity contribution in [3.05, 3.63) is 40.5 Å². The lowest BCUT2D eigenvalue weighted by atomic mass is 10.3. The number of halogens is 1. The molecule has 1 aromatic rings. The summed E-state index contributed by atoms with van der Waals surface area (Å²) in [6, 6.07) is 6.48. The highest BCUT2D eigenvalue weighted by Gasteiger charge is 2.27. The van der Waals surface area contributed by atoms with Crippen molar-refractivity contribution in [1.82, 2.24) is 0 Å². The molecule has 84 valence electrons. The number of para-hydroxylation sites is 1. The predicted molar refractivity (Wildman–Crippen MR) is 60.7 cm³/mol. The van der Waals surface area contributed by atoms with Gasteiger partial charge in [0.05, 0.1) is 10.4 Å². The molecular formula is C9H7ClN2O3S. The van der Waals surface area contributed by atoms with Crippen LogP contribution in [-0.2, 0) is 9.84 Å². The van der Waals surface area contributed by atoms with E-state index < -0.39 is 15.1 Å². The van der Waals surface area contributed by atoms with Gasteiger partial charge in [-0.15, -0.1) is 0 Å². The molecule has 0 unspecified atom stereocenters. The molecule has 16 heavy (non-hydrogen) atoms. The summed E-state index contributed by atoms with van der Waals surface area (Å²) in [5, 5.41) is 0.670. The van der Waals surface area contributed by atoms with Crippen molar-refractivity contribution in [3.8, 4) is 5.75 Å². The first-order valence-electron chi connectivity index (χ1n) is 4.22. The van der Waals surface area contributed by atoms with Gasteiger partial charge in [-0.2, -0.15) is 4.99 Å². The maximum atomic E-state index is 11.4. The van der Waals surface area contributed by atoms with Crippen LogP contribution < -0.4 is 10.5 Å². The highest BCUT2D eigenvalue weighted by atomic mass is 35.5. The van der Waals surface area contributed by atoms with Crippen molar-refractivity contribution in [2.45, 2.75) is 0 Å². The third kappa shape index (κ3) is 2.02. The Hall–Kier alpha value is -1.53. The van der Waals surface area contributed by atoms with Crippen LogP contribution in [0.15, 0.2) is 40.5 Å². The van der Waals surface area contributed by atoms with Gasteiger partial charge in [-0.25, -0.2) is 8.42 Å². The molecule has 1 aliphatic heterocycles. The fourth-order valence-electron chi connectivity index (χ4n) is 1.11. The Morgan fingerprint density at radius 2 is 2.00 bits per heavy atom. The Morgan fingerprint density at radius 1 is 1.31 bits per heavy atom. The highest BCUT2D eigenvalue weighted by Crippen LogP contribution is 2.25. The Kier molecular flexibility index (Phi) is 2.61. The Balaban J connectivity index is 2.32. The summed E-state index contributed by atoms with van der Waals surface area (Å²) in [4.78, 5) is 3.56. The van der Waals surface area contributed by atoms with Gasteiger partial charge in [0.25, 0.3) is 9.84 Å². The zero-order valence-electron chi connectivity index (χ0n) is 7.92. The van der Waals surface area contributed by atoms with E-state index in [4.69, 9.17) is 22.1 Å². The second-order valence-corrected chi connectivity index (χ2v) is 5.08. The molecule has 5 nitrogen and oxygen atoms in total. The molecule has 0 saturated carbocycles. The second kappa shape index (κ2) is 3.80. The van der Waals surface area contributed by atoms with Gasteiger partial charge < -0.3 is 10.5 Å². The average Bonchev–Trinajstić information content (AvgIpc) is 2.43. The summed E-state index contributed by atoms with van der Waals surface area (Å²) in [7, 11) is -3.67. The molecule has 2 N–H and O–H groups in total. The van der Waals surface area contributed by atoms with Crippen molar-refractivity contribution < 1.29 is 13.2 Å². The zero-order valence-corrected chi connectivity index (χ0v) is 9.49. The molecule has 1 aliphatic rings. The lowest BCUT2D eigenvalue weighted by molar-refractivity contribution is 0.550. The molecule has 0 spiro atoms. The fourth-order valence-corrected chi connectivity index (χ4v) is 2.19. The number of aliphatic imine (C=N–C) groups is 1. The molecular weight excluding hydrogens is 252 g/mol. The molecule has 0 aromatic heterocycles. The van der Waals surface area contributed by atoms with E-state index in [0.717, 1.165) is 5.41 Å². The minimum absolute atomic E-state index is 0.109. The normalized spacial score (nSPS) is 17.8. The molecule has 0 bridgehead atoms. The number of nitrogens with two attached hydrogens (primary N) is 1. The van der Waals surface area contributed by atoms with Crippen molar-refractivity contribution in [3.63, 3.8) is 0 Å². The molecule has 0 atom stereocenters. The third-order valence-corrected chi connectivity index (χ3v) is 3.30.